The van der Waals surface area contributed by atoms with Gasteiger partial charge in [-0.2, -0.15) is 13.2 Å². The summed E-state index contributed by atoms with van der Waals surface area (Å²) >= 11 is 0. The average Bonchev–Trinajstić information content (AvgIpc) is 2.36. The lowest BCUT2D eigenvalue weighted by molar-refractivity contribution is -0.136. The third-order valence-corrected chi connectivity index (χ3v) is 2.68. The second-order valence-corrected chi connectivity index (χ2v) is 3.99. The summed E-state index contributed by atoms with van der Waals surface area (Å²) in [6.07, 6.45) is -4.63. The largest absolute Gasteiger partial charge is 0.462 e. The van der Waals surface area contributed by atoms with Crippen molar-refractivity contribution in [1.29, 1.82) is 0 Å². The van der Waals surface area contributed by atoms with E-state index in [1.807, 2.05) is 0 Å². The van der Waals surface area contributed by atoms with Gasteiger partial charge < -0.3 is 9.72 Å². The van der Waals surface area contributed by atoms with E-state index in [0.717, 1.165) is 12.1 Å². The lowest BCUT2D eigenvalue weighted by atomic mass is 10.0. The Morgan fingerprint density at radius 2 is 2.05 bits per heavy atom. The first kappa shape index (κ1) is 14.1. The molecule has 0 aliphatic rings. The number of H-pyrrole nitrogens is 1. The standard InChI is InChI=1S/C13H10F3NO3/c1-2-20-12(19)8-6-10(18)17-11-7(8)4-3-5-9(11)13(14,15)16/h3-6H,2H2,1H3,(H,17,18). The second-order valence-electron chi connectivity index (χ2n) is 3.99. The maximum atomic E-state index is 12.9. The molecule has 0 atom stereocenters. The van der Waals surface area contributed by atoms with Gasteiger partial charge in [-0.3, -0.25) is 4.79 Å². The first-order valence-corrected chi connectivity index (χ1v) is 5.75. The summed E-state index contributed by atoms with van der Waals surface area (Å²) in [4.78, 5) is 25.3. The van der Waals surface area contributed by atoms with Crippen LogP contribution < -0.4 is 5.56 Å². The third kappa shape index (κ3) is 2.52. The van der Waals surface area contributed by atoms with Crippen molar-refractivity contribution in [3.8, 4) is 0 Å². The van der Waals surface area contributed by atoms with Crippen molar-refractivity contribution in [3.63, 3.8) is 0 Å². The first-order valence-electron chi connectivity index (χ1n) is 5.75. The predicted octanol–water partition coefficient (Wildman–Crippen LogP) is 2.72. The molecule has 4 nitrogen and oxygen atoms in total. The fourth-order valence-corrected chi connectivity index (χ4v) is 1.89. The van der Waals surface area contributed by atoms with Gasteiger partial charge >= 0.3 is 12.1 Å². The third-order valence-electron chi connectivity index (χ3n) is 2.68. The van der Waals surface area contributed by atoms with E-state index in [2.05, 4.69) is 4.98 Å². The molecular weight excluding hydrogens is 275 g/mol. The van der Waals surface area contributed by atoms with Crippen LogP contribution in [-0.4, -0.2) is 17.6 Å². The molecule has 0 aliphatic heterocycles. The normalized spacial score (nSPS) is 11.6. The van der Waals surface area contributed by atoms with Crippen molar-refractivity contribution < 1.29 is 22.7 Å². The molecule has 106 valence electrons. The number of benzene rings is 1. The molecule has 0 unspecified atom stereocenters. The number of rotatable bonds is 2. The number of alkyl halides is 3. The van der Waals surface area contributed by atoms with E-state index in [1.54, 1.807) is 6.92 Å². The molecule has 0 saturated carbocycles. The van der Waals surface area contributed by atoms with E-state index in [4.69, 9.17) is 4.74 Å². The van der Waals surface area contributed by atoms with Gasteiger partial charge in [0.05, 0.1) is 23.3 Å². The minimum atomic E-state index is -4.63. The van der Waals surface area contributed by atoms with Gasteiger partial charge in [0.1, 0.15) is 0 Å². The summed E-state index contributed by atoms with van der Waals surface area (Å²) in [5, 5.41) is -0.00197. The number of ether oxygens (including phenoxy) is 1. The van der Waals surface area contributed by atoms with Gasteiger partial charge in [0.25, 0.3) is 0 Å². The average molecular weight is 285 g/mol. The highest BCUT2D eigenvalue weighted by Gasteiger charge is 2.33. The molecule has 1 heterocycles. The molecule has 20 heavy (non-hydrogen) atoms. The minimum Gasteiger partial charge on any atom is -0.462 e. The summed E-state index contributed by atoms with van der Waals surface area (Å²) in [6.45, 7) is 1.63. The van der Waals surface area contributed by atoms with Crippen LogP contribution in [0.4, 0.5) is 13.2 Å². The molecule has 0 fully saturated rings. The molecule has 2 rings (SSSR count). The Bertz CT molecular complexity index is 719. The molecule has 0 aliphatic carbocycles. The molecule has 2 aromatic rings. The van der Waals surface area contributed by atoms with E-state index >= 15 is 0 Å². The second kappa shape index (κ2) is 4.99. The van der Waals surface area contributed by atoms with Crippen LogP contribution in [0, 0.1) is 0 Å². The molecule has 0 bridgehead atoms. The molecule has 0 radical (unpaired) electrons. The number of esters is 1. The van der Waals surface area contributed by atoms with Gasteiger partial charge in [-0.25, -0.2) is 4.79 Å². The van der Waals surface area contributed by atoms with Gasteiger partial charge in [0, 0.05) is 11.5 Å². The number of hydrogen-bond acceptors (Lipinski definition) is 3. The van der Waals surface area contributed by atoms with Gasteiger partial charge in [0.15, 0.2) is 0 Å². The molecule has 0 spiro atoms. The maximum Gasteiger partial charge on any atom is 0.418 e. The van der Waals surface area contributed by atoms with Gasteiger partial charge in [-0.15, -0.1) is 0 Å². The van der Waals surface area contributed by atoms with Crippen LogP contribution in [0.1, 0.15) is 22.8 Å². The van der Waals surface area contributed by atoms with E-state index in [1.165, 1.54) is 12.1 Å². The fraction of sp³-hybridized carbons (Fsp3) is 0.231. The van der Waals surface area contributed by atoms with Crippen LogP contribution in [0.25, 0.3) is 10.9 Å². The smallest absolute Gasteiger partial charge is 0.418 e. The Morgan fingerprint density at radius 1 is 1.35 bits per heavy atom. The molecule has 1 N–H and O–H groups in total. The highest BCUT2D eigenvalue weighted by atomic mass is 19.4. The van der Waals surface area contributed by atoms with Crippen molar-refractivity contribution in [1.82, 2.24) is 4.98 Å². The highest BCUT2D eigenvalue weighted by molar-refractivity contribution is 6.04. The van der Waals surface area contributed by atoms with Gasteiger partial charge in [0.2, 0.25) is 5.56 Å². The van der Waals surface area contributed by atoms with Crippen LogP contribution >= 0.6 is 0 Å². The molecule has 1 aromatic heterocycles. The fourth-order valence-electron chi connectivity index (χ4n) is 1.89. The van der Waals surface area contributed by atoms with Crippen molar-refractivity contribution in [2.75, 3.05) is 6.61 Å². The van der Waals surface area contributed by atoms with Crippen LogP contribution in [0.3, 0.4) is 0 Å². The SMILES string of the molecule is CCOC(=O)c1cc(=O)[nH]c2c(C(F)(F)F)cccc12. The van der Waals surface area contributed by atoms with E-state index in [-0.39, 0.29) is 17.6 Å². The summed E-state index contributed by atoms with van der Waals surface area (Å²) < 4.78 is 43.4. The number of carbonyl (C=O) groups is 1. The van der Waals surface area contributed by atoms with Gasteiger partial charge in [-0.1, -0.05) is 12.1 Å². The zero-order valence-electron chi connectivity index (χ0n) is 10.4. The Kier molecular flexibility index (Phi) is 3.52. The van der Waals surface area contributed by atoms with E-state index < -0.39 is 28.8 Å². The monoisotopic (exact) mass is 285 g/mol. The van der Waals surface area contributed by atoms with E-state index in [9.17, 15) is 22.8 Å². The number of hydrogen-bond donors (Lipinski definition) is 1. The number of aromatic nitrogens is 1. The first-order chi connectivity index (χ1) is 9.34. The van der Waals surface area contributed by atoms with Crippen LogP contribution in [0.15, 0.2) is 29.1 Å². The van der Waals surface area contributed by atoms with E-state index in [0.29, 0.717) is 0 Å². The van der Waals surface area contributed by atoms with Crippen molar-refractivity contribution in [3.05, 3.63) is 45.7 Å². The Morgan fingerprint density at radius 3 is 2.65 bits per heavy atom. The van der Waals surface area contributed by atoms with Crippen molar-refractivity contribution in [2.45, 2.75) is 13.1 Å². The van der Waals surface area contributed by atoms with Crippen LogP contribution in [-0.2, 0) is 10.9 Å². The molecule has 0 amide bonds. The molecule has 1 aromatic carbocycles. The minimum absolute atomic E-state index is 0.00197. The molecule has 0 saturated heterocycles. The maximum absolute atomic E-state index is 12.9. The summed E-state index contributed by atoms with van der Waals surface area (Å²) in [5.41, 5.74) is -2.40. The number of pyridine rings is 1. The summed E-state index contributed by atoms with van der Waals surface area (Å²) in [6, 6.07) is 4.27. The van der Waals surface area contributed by atoms with Crippen molar-refractivity contribution >= 4 is 16.9 Å². The number of para-hydroxylation sites is 1. The Balaban J connectivity index is 2.80. The number of aromatic amines is 1. The lowest BCUT2D eigenvalue weighted by Crippen LogP contribution is -2.15. The Hall–Kier alpha value is -2.31. The number of carbonyl (C=O) groups excluding carboxylic acids is 1. The topological polar surface area (TPSA) is 59.2 Å². The quantitative estimate of drug-likeness (QED) is 0.863. The predicted molar refractivity (Wildman–Crippen MR) is 65.5 cm³/mol. The lowest BCUT2D eigenvalue weighted by Gasteiger charge is -2.11. The van der Waals surface area contributed by atoms with Crippen molar-refractivity contribution in [2.24, 2.45) is 0 Å². The number of nitrogens with one attached hydrogen (secondary N) is 1. The van der Waals surface area contributed by atoms with Crippen LogP contribution in [0.2, 0.25) is 0 Å². The molecular formula is C13H10F3NO3. The summed E-state index contributed by atoms with van der Waals surface area (Å²) in [5.74, 6) is -0.831. The van der Waals surface area contributed by atoms with Gasteiger partial charge in [-0.05, 0) is 13.0 Å². The highest BCUT2D eigenvalue weighted by Crippen LogP contribution is 2.34. The number of halogens is 3. The number of fused-ring (bicyclic) bond motifs is 1. The summed E-state index contributed by atoms with van der Waals surface area (Å²) in [7, 11) is 0. The zero-order chi connectivity index (χ0) is 14.9. The zero-order valence-corrected chi connectivity index (χ0v) is 10.4. The molecule has 7 heteroatoms. The Labute approximate surface area is 111 Å². The van der Waals surface area contributed by atoms with Crippen LogP contribution in [0.5, 0.6) is 0 Å².